The molecule has 9 heteroatoms. The molecule has 0 aliphatic heterocycles. The summed E-state index contributed by atoms with van der Waals surface area (Å²) in [5.41, 5.74) is 0.489. The fourth-order valence-corrected chi connectivity index (χ4v) is 4.62. The van der Waals surface area contributed by atoms with E-state index in [2.05, 4.69) is 5.10 Å². The second-order valence-corrected chi connectivity index (χ2v) is 8.64. The molecule has 0 spiro atoms. The molecular weight excluding hydrogens is 362 g/mol. The van der Waals surface area contributed by atoms with Crippen molar-refractivity contribution in [1.82, 2.24) is 14.1 Å². The lowest BCUT2D eigenvalue weighted by molar-refractivity contribution is 0.150. The molecule has 0 radical (unpaired) electrons. The van der Waals surface area contributed by atoms with Crippen LogP contribution >= 0.6 is 11.3 Å². The van der Waals surface area contributed by atoms with Gasteiger partial charge in [-0.25, -0.2) is 8.42 Å². The van der Waals surface area contributed by atoms with E-state index in [0.29, 0.717) is 18.9 Å². The molecule has 0 aliphatic rings. The Bertz CT molecular complexity index is 746. The number of ether oxygens (including phenoxy) is 2. The molecule has 0 fully saturated rings. The van der Waals surface area contributed by atoms with Gasteiger partial charge in [-0.3, -0.25) is 4.68 Å². The highest BCUT2D eigenvalue weighted by Gasteiger charge is 2.30. The largest absolute Gasteiger partial charge is 0.383 e. The number of thiophene rings is 1. The second kappa shape index (κ2) is 8.91. The van der Waals surface area contributed by atoms with Gasteiger partial charge in [0.05, 0.1) is 18.1 Å². The molecule has 2 rings (SSSR count). The molecule has 140 valence electrons. The van der Waals surface area contributed by atoms with Crippen molar-refractivity contribution >= 4 is 21.4 Å². The highest BCUT2D eigenvalue weighted by Crippen LogP contribution is 2.32. The van der Waals surface area contributed by atoms with Crippen LogP contribution in [0, 0.1) is 0 Å². The van der Waals surface area contributed by atoms with Gasteiger partial charge in [-0.2, -0.15) is 9.40 Å². The molecule has 0 N–H and O–H groups in total. The van der Waals surface area contributed by atoms with Crippen molar-refractivity contribution in [2.24, 2.45) is 0 Å². The van der Waals surface area contributed by atoms with Gasteiger partial charge in [0, 0.05) is 39.5 Å². The van der Waals surface area contributed by atoms with Gasteiger partial charge in [0.15, 0.2) is 0 Å². The average Bonchev–Trinajstić information content (AvgIpc) is 3.23. The molecule has 0 unspecified atom stereocenters. The van der Waals surface area contributed by atoms with E-state index >= 15 is 0 Å². The third-order valence-electron chi connectivity index (χ3n) is 3.69. The van der Waals surface area contributed by atoms with Crippen LogP contribution in [0.5, 0.6) is 0 Å². The normalized spacial score (nSPS) is 12.4. The molecule has 0 saturated carbocycles. The first-order valence-electron chi connectivity index (χ1n) is 8.02. The molecule has 2 heterocycles. The van der Waals surface area contributed by atoms with E-state index in [9.17, 15) is 8.42 Å². The molecule has 0 aromatic carbocycles. The molecule has 25 heavy (non-hydrogen) atoms. The number of methoxy groups -OCH3 is 2. The molecule has 2 aromatic heterocycles. The molecule has 0 aliphatic carbocycles. The van der Waals surface area contributed by atoms with Gasteiger partial charge in [-0.15, -0.1) is 11.3 Å². The van der Waals surface area contributed by atoms with Crippen LogP contribution in [-0.2, 0) is 19.5 Å². The summed E-state index contributed by atoms with van der Waals surface area (Å²) in [6.07, 6.45) is 1.61. The van der Waals surface area contributed by atoms with Gasteiger partial charge in [0.2, 0.25) is 10.0 Å². The van der Waals surface area contributed by atoms with E-state index in [1.807, 2.05) is 31.4 Å². The molecular formula is C16H25N3O4S2. The highest BCUT2D eigenvalue weighted by molar-refractivity contribution is 7.89. The monoisotopic (exact) mass is 387 g/mol. The standard InChI is InChI=1S/C16H25N3O4S2/c1-13(2)19-12-15(16(17-19)14-6-5-11-24-14)25(20,21)18(7-9-22-3)8-10-23-4/h5-6,11-13H,7-10H2,1-4H3. The third kappa shape index (κ3) is 4.68. The number of sulfonamides is 1. The maximum Gasteiger partial charge on any atom is 0.247 e. The van der Waals surface area contributed by atoms with Crippen LogP contribution in [-0.4, -0.2) is 63.0 Å². The Kier molecular flexibility index (Phi) is 7.14. The summed E-state index contributed by atoms with van der Waals surface area (Å²) in [6, 6.07) is 3.83. The first-order chi connectivity index (χ1) is 11.9. The van der Waals surface area contributed by atoms with Crippen molar-refractivity contribution in [2.45, 2.75) is 24.8 Å². The summed E-state index contributed by atoms with van der Waals surface area (Å²) in [5, 5.41) is 6.43. The quantitative estimate of drug-likeness (QED) is 0.626. The van der Waals surface area contributed by atoms with Crippen LogP contribution in [0.15, 0.2) is 28.6 Å². The van der Waals surface area contributed by atoms with Gasteiger partial charge in [0.25, 0.3) is 0 Å². The zero-order valence-corrected chi connectivity index (χ0v) is 16.6. The lowest BCUT2D eigenvalue weighted by Gasteiger charge is -2.21. The van der Waals surface area contributed by atoms with E-state index in [-0.39, 0.29) is 24.0 Å². The van der Waals surface area contributed by atoms with E-state index < -0.39 is 10.0 Å². The predicted octanol–water partition coefficient (Wildman–Crippen LogP) is 2.48. The zero-order chi connectivity index (χ0) is 18.4. The van der Waals surface area contributed by atoms with E-state index in [4.69, 9.17) is 9.47 Å². The van der Waals surface area contributed by atoms with Crippen molar-refractivity contribution in [1.29, 1.82) is 0 Å². The molecule has 0 amide bonds. The van der Waals surface area contributed by atoms with Crippen molar-refractivity contribution < 1.29 is 17.9 Å². The maximum atomic E-state index is 13.3. The maximum absolute atomic E-state index is 13.3. The number of aromatic nitrogens is 2. The van der Waals surface area contributed by atoms with Crippen molar-refractivity contribution in [3.05, 3.63) is 23.7 Å². The first-order valence-corrected chi connectivity index (χ1v) is 10.3. The molecule has 7 nitrogen and oxygen atoms in total. The Morgan fingerprint density at radius 2 is 1.88 bits per heavy atom. The summed E-state index contributed by atoms with van der Waals surface area (Å²) < 4.78 is 39.7. The summed E-state index contributed by atoms with van der Waals surface area (Å²) in [5.74, 6) is 0. The van der Waals surface area contributed by atoms with Crippen LogP contribution in [0.25, 0.3) is 10.6 Å². The third-order valence-corrected chi connectivity index (χ3v) is 6.47. The number of hydrogen-bond donors (Lipinski definition) is 0. The molecule has 0 bridgehead atoms. The zero-order valence-electron chi connectivity index (χ0n) is 15.0. The molecule has 2 aromatic rings. The van der Waals surface area contributed by atoms with Crippen molar-refractivity contribution in [3.8, 4) is 10.6 Å². The SMILES string of the molecule is COCCN(CCOC)S(=O)(=O)c1cn(C(C)C)nc1-c1cccs1. The lowest BCUT2D eigenvalue weighted by atomic mass is 10.3. The van der Waals surface area contributed by atoms with E-state index in [1.54, 1.807) is 25.1 Å². The van der Waals surface area contributed by atoms with Gasteiger partial charge in [-0.1, -0.05) is 6.07 Å². The van der Waals surface area contributed by atoms with Crippen molar-refractivity contribution in [2.75, 3.05) is 40.5 Å². The minimum absolute atomic E-state index is 0.0639. The summed E-state index contributed by atoms with van der Waals surface area (Å²) in [6.45, 7) is 5.09. The van der Waals surface area contributed by atoms with E-state index in [1.165, 1.54) is 15.6 Å². The van der Waals surface area contributed by atoms with Crippen LogP contribution in [0.3, 0.4) is 0 Å². The predicted molar refractivity (Wildman–Crippen MR) is 98.4 cm³/mol. The van der Waals surface area contributed by atoms with Crippen LogP contribution in [0.4, 0.5) is 0 Å². The molecule has 0 atom stereocenters. The van der Waals surface area contributed by atoms with Crippen molar-refractivity contribution in [3.63, 3.8) is 0 Å². The van der Waals surface area contributed by atoms with Gasteiger partial charge in [-0.05, 0) is 25.3 Å². The number of nitrogens with zero attached hydrogens (tertiary/aromatic N) is 3. The summed E-state index contributed by atoms with van der Waals surface area (Å²) in [7, 11) is -0.617. The van der Waals surface area contributed by atoms with Crippen LogP contribution < -0.4 is 0 Å². The average molecular weight is 388 g/mol. The molecule has 0 saturated heterocycles. The first kappa shape index (κ1) is 20.1. The fraction of sp³-hybridized carbons (Fsp3) is 0.562. The fourth-order valence-electron chi connectivity index (χ4n) is 2.29. The Labute approximate surface area is 153 Å². The smallest absolute Gasteiger partial charge is 0.247 e. The minimum atomic E-state index is -3.72. The Hall–Kier alpha value is -1.26. The van der Waals surface area contributed by atoms with Gasteiger partial charge >= 0.3 is 0 Å². The van der Waals surface area contributed by atoms with Gasteiger partial charge in [0.1, 0.15) is 10.6 Å². The van der Waals surface area contributed by atoms with Crippen LogP contribution in [0.2, 0.25) is 0 Å². The summed E-state index contributed by atoms with van der Waals surface area (Å²) in [4.78, 5) is 1.05. The number of rotatable bonds is 10. The van der Waals surface area contributed by atoms with E-state index in [0.717, 1.165) is 4.88 Å². The second-order valence-electron chi connectivity index (χ2n) is 5.78. The Balaban J connectivity index is 2.48. The number of hydrogen-bond acceptors (Lipinski definition) is 6. The van der Waals surface area contributed by atoms with Crippen LogP contribution in [0.1, 0.15) is 19.9 Å². The summed E-state index contributed by atoms with van der Waals surface area (Å²) >= 11 is 1.47. The highest BCUT2D eigenvalue weighted by atomic mass is 32.2. The van der Waals surface area contributed by atoms with Gasteiger partial charge < -0.3 is 9.47 Å². The Morgan fingerprint density at radius 1 is 1.24 bits per heavy atom. The Morgan fingerprint density at radius 3 is 2.36 bits per heavy atom. The topological polar surface area (TPSA) is 73.7 Å². The lowest BCUT2D eigenvalue weighted by Crippen LogP contribution is -2.36. The minimum Gasteiger partial charge on any atom is -0.383 e.